The number of nitrogens with two attached hydrogens (primary N) is 1. The van der Waals surface area contributed by atoms with Gasteiger partial charge in [0, 0.05) is 24.8 Å². The summed E-state index contributed by atoms with van der Waals surface area (Å²) in [5.41, 5.74) is 7.96. The van der Waals surface area contributed by atoms with Gasteiger partial charge in [-0.15, -0.1) is 0 Å². The molecule has 0 saturated heterocycles. The molecule has 11 nitrogen and oxygen atoms in total. The molecule has 0 spiro atoms. The van der Waals surface area contributed by atoms with Gasteiger partial charge in [-0.25, -0.2) is 13.7 Å². The van der Waals surface area contributed by atoms with E-state index in [1.807, 2.05) is 74.5 Å². The summed E-state index contributed by atoms with van der Waals surface area (Å²) in [4.78, 5) is 31.3. The Morgan fingerprint density at radius 2 is 1.48 bits per heavy atom. The number of hydrogen-bond acceptors (Lipinski definition) is 7. The van der Waals surface area contributed by atoms with Crippen molar-refractivity contribution in [1.82, 2.24) is 19.9 Å². The van der Waals surface area contributed by atoms with Gasteiger partial charge in [0.1, 0.15) is 12.4 Å². The second-order valence-electron chi connectivity index (χ2n) is 12.0. The molecular weight excluding hydrogens is 629 g/mol. The number of nitrogens with zero attached hydrogens (tertiary/aromatic N) is 3. The third-order valence-corrected chi connectivity index (χ3v) is 9.92. The molecule has 5 N–H and O–H groups in total. The lowest BCUT2D eigenvalue weighted by Gasteiger charge is -2.31. The number of anilines is 1. The van der Waals surface area contributed by atoms with Crippen molar-refractivity contribution in [3.05, 3.63) is 121 Å². The van der Waals surface area contributed by atoms with Crippen molar-refractivity contribution in [3.8, 4) is 0 Å². The molecular formula is C36H45N6O5S+. The molecule has 4 rings (SSSR count). The molecule has 4 aromatic rings. The van der Waals surface area contributed by atoms with Gasteiger partial charge in [0.05, 0.1) is 29.8 Å². The number of carbonyl (C=O) groups is 2. The lowest BCUT2D eigenvalue weighted by atomic mass is 9.84. The SMILES string of the molecule is CC(C)CN(C(CO)CCCCNC(=O)[C@@H](NC(=O)[n+]1ccncc1)C(c1ccccc1)c1ccccc1)S(=O)(=O)c1ccc(N)cc1. The van der Waals surface area contributed by atoms with E-state index in [0.29, 0.717) is 24.9 Å². The molecule has 0 aliphatic carbocycles. The van der Waals surface area contributed by atoms with Crippen LogP contribution in [0.2, 0.25) is 0 Å². The molecule has 2 atom stereocenters. The van der Waals surface area contributed by atoms with Gasteiger partial charge in [0.2, 0.25) is 10.0 Å². The number of nitrogen functional groups attached to an aromatic ring is 1. The van der Waals surface area contributed by atoms with Crippen molar-refractivity contribution >= 4 is 27.6 Å². The number of aliphatic hydroxyl groups excluding tert-OH is 1. The van der Waals surface area contributed by atoms with Gasteiger partial charge >= 0.3 is 6.03 Å². The van der Waals surface area contributed by atoms with Crippen molar-refractivity contribution in [2.75, 3.05) is 25.4 Å². The number of aromatic nitrogens is 2. The molecule has 2 amide bonds. The molecule has 0 radical (unpaired) electrons. The highest BCUT2D eigenvalue weighted by atomic mass is 32.2. The van der Waals surface area contributed by atoms with Crippen LogP contribution in [0.4, 0.5) is 10.5 Å². The van der Waals surface area contributed by atoms with E-state index < -0.39 is 34.1 Å². The van der Waals surface area contributed by atoms with E-state index in [2.05, 4.69) is 15.6 Å². The molecule has 1 heterocycles. The van der Waals surface area contributed by atoms with Gasteiger partial charge in [-0.3, -0.25) is 9.78 Å². The lowest BCUT2D eigenvalue weighted by Crippen LogP contribution is -2.58. The summed E-state index contributed by atoms with van der Waals surface area (Å²) in [5, 5.41) is 16.2. The topological polar surface area (TPSA) is 159 Å². The summed E-state index contributed by atoms with van der Waals surface area (Å²) in [7, 11) is -3.89. The zero-order chi connectivity index (χ0) is 34.5. The van der Waals surface area contributed by atoms with E-state index in [0.717, 1.165) is 11.1 Å². The Morgan fingerprint density at radius 1 is 0.896 bits per heavy atom. The second kappa shape index (κ2) is 17.5. The second-order valence-corrected chi connectivity index (χ2v) is 13.9. The maximum Gasteiger partial charge on any atom is 0.496 e. The molecule has 0 aliphatic heterocycles. The summed E-state index contributed by atoms with van der Waals surface area (Å²) < 4.78 is 29.9. The number of nitrogens with one attached hydrogen (secondary N) is 2. The van der Waals surface area contributed by atoms with E-state index >= 15 is 0 Å². The Kier molecular flexibility index (Phi) is 13.2. The van der Waals surface area contributed by atoms with Gasteiger partial charge < -0.3 is 16.2 Å². The van der Waals surface area contributed by atoms with Crippen LogP contribution in [0.15, 0.2) is 115 Å². The average Bonchev–Trinajstić information content (AvgIpc) is 3.10. The number of aliphatic hydroxyl groups is 1. The monoisotopic (exact) mass is 673 g/mol. The lowest BCUT2D eigenvalue weighted by molar-refractivity contribution is -0.572. The number of sulfonamides is 1. The van der Waals surface area contributed by atoms with Gasteiger partial charge in [-0.2, -0.15) is 13.7 Å². The van der Waals surface area contributed by atoms with Gasteiger partial charge in [-0.1, -0.05) is 80.9 Å². The largest absolute Gasteiger partial charge is 0.496 e. The minimum Gasteiger partial charge on any atom is -0.399 e. The van der Waals surface area contributed by atoms with Crippen LogP contribution >= 0.6 is 0 Å². The first-order valence-corrected chi connectivity index (χ1v) is 17.5. The van der Waals surface area contributed by atoms with Crippen LogP contribution in [0.3, 0.4) is 0 Å². The Bertz CT molecular complexity index is 1650. The first kappa shape index (κ1) is 36.2. The van der Waals surface area contributed by atoms with Crippen molar-refractivity contribution in [2.45, 2.75) is 56.0 Å². The van der Waals surface area contributed by atoms with Crippen LogP contribution in [0.25, 0.3) is 0 Å². The third-order valence-electron chi connectivity index (χ3n) is 7.99. The van der Waals surface area contributed by atoms with E-state index in [9.17, 15) is 23.1 Å². The summed E-state index contributed by atoms with van der Waals surface area (Å²) >= 11 is 0. The first-order chi connectivity index (χ1) is 23.1. The van der Waals surface area contributed by atoms with E-state index in [4.69, 9.17) is 5.73 Å². The predicted molar refractivity (Wildman–Crippen MR) is 184 cm³/mol. The fourth-order valence-electron chi connectivity index (χ4n) is 5.59. The Balaban J connectivity index is 1.48. The maximum absolute atomic E-state index is 13.9. The van der Waals surface area contributed by atoms with Crippen molar-refractivity contribution in [3.63, 3.8) is 0 Å². The molecule has 0 bridgehead atoms. The van der Waals surface area contributed by atoms with Crippen LogP contribution in [0, 0.1) is 5.92 Å². The Morgan fingerprint density at radius 3 is 2.02 bits per heavy atom. The van der Waals surface area contributed by atoms with Gasteiger partial charge in [-0.05, 0) is 54.2 Å². The molecule has 0 saturated carbocycles. The summed E-state index contributed by atoms with van der Waals surface area (Å²) in [5.74, 6) is -0.816. The normalized spacial score (nSPS) is 13.0. The summed E-state index contributed by atoms with van der Waals surface area (Å²) in [6.07, 6.45) is 7.47. The van der Waals surface area contributed by atoms with Crippen LogP contribution < -0.4 is 20.9 Å². The predicted octanol–water partition coefficient (Wildman–Crippen LogP) is 3.70. The first-order valence-electron chi connectivity index (χ1n) is 16.1. The highest BCUT2D eigenvalue weighted by Gasteiger charge is 2.37. The number of amides is 2. The highest BCUT2D eigenvalue weighted by molar-refractivity contribution is 7.89. The van der Waals surface area contributed by atoms with Crippen LogP contribution in [-0.2, 0) is 14.8 Å². The fraction of sp³-hybridized carbons (Fsp3) is 0.333. The standard InChI is InChI=1S/C36H44N6O5S/c1-27(2)25-42(48(46,47)32-18-16-30(37)17-19-32)31(26-43)15-9-10-20-39-35(44)34(40-36(45)41-23-21-38-22-24-41)33(28-11-5-3-6-12-28)29-13-7-4-8-14-29/h3-8,11-14,16-19,21-24,27,31,33-34,43H,9-10,15,20,25-26,37H2,1-2H3,(H-,39,40,44,45)/p+1/t31?,34-/m0/s1. The molecule has 0 fully saturated rings. The van der Waals surface area contributed by atoms with E-state index in [1.165, 1.54) is 45.8 Å². The van der Waals surface area contributed by atoms with Crippen molar-refractivity contribution < 1.29 is 27.7 Å². The number of carbonyl (C=O) groups excluding carboxylic acids is 2. The Labute approximate surface area is 282 Å². The zero-order valence-electron chi connectivity index (χ0n) is 27.4. The minimum absolute atomic E-state index is 0.0292. The zero-order valence-corrected chi connectivity index (χ0v) is 28.2. The highest BCUT2D eigenvalue weighted by Crippen LogP contribution is 2.29. The molecule has 0 aliphatic rings. The van der Waals surface area contributed by atoms with Crippen molar-refractivity contribution in [1.29, 1.82) is 0 Å². The van der Waals surface area contributed by atoms with Gasteiger partial charge in [0.15, 0.2) is 6.04 Å². The summed E-state index contributed by atoms with van der Waals surface area (Å²) in [6.45, 7) is 4.04. The minimum atomic E-state index is -3.89. The Hall–Kier alpha value is -4.65. The molecule has 254 valence electrons. The van der Waals surface area contributed by atoms with Gasteiger partial charge in [0.25, 0.3) is 5.91 Å². The smallest absolute Gasteiger partial charge is 0.399 e. The van der Waals surface area contributed by atoms with E-state index in [1.54, 1.807) is 12.1 Å². The molecule has 1 aromatic heterocycles. The molecule has 48 heavy (non-hydrogen) atoms. The quantitative estimate of drug-likeness (QED) is 0.0802. The third kappa shape index (κ3) is 9.69. The number of rotatable bonds is 16. The van der Waals surface area contributed by atoms with Crippen molar-refractivity contribution in [2.24, 2.45) is 5.92 Å². The number of unbranched alkanes of at least 4 members (excludes halogenated alkanes) is 1. The average molecular weight is 674 g/mol. The molecule has 12 heteroatoms. The van der Waals surface area contributed by atoms with Crippen LogP contribution in [-0.4, -0.2) is 66.5 Å². The maximum atomic E-state index is 13.9. The fourth-order valence-corrected chi connectivity index (χ4v) is 7.40. The summed E-state index contributed by atoms with van der Waals surface area (Å²) in [6, 6.07) is 23.1. The van der Waals surface area contributed by atoms with E-state index in [-0.39, 0.29) is 36.4 Å². The number of hydrogen-bond donors (Lipinski definition) is 4. The van der Waals surface area contributed by atoms with Crippen LogP contribution in [0.1, 0.15) is 50.2 Å². The number of benzene rings is 3. The van der Waals surface area contributed by atoms with Crippen LogP contribution in [0.5, 0.6) is 0 Å². The molecule has 3 aromatic carbocycles. The molecule has 1 unspecified atom stereocenters.